The Morgan fingerprint density at radius 3 is 2.67 bits per heavy atom. The first kappa shape index (κ1) is 13.1. The predicted molar refractivity (Wildman–Crippen MR) is 72.5 cm³/mol. The summed E-state index contributed by atoms with van der Waals surface area (Å²) in [5, 5.41) is 0. The van der Waals surface area contributed by atoms with Gasteiger partial charge < -0.3 is 5.73 Å². The van der Waals surface area contributed by atoms with Crippen LogP contribution in [0.4, 0.5) is 4.39 Å². The van der Waals surface area contributed by atoms with Crippen LogP contribution in [0.15, 0.2) is 28.9 Å². The summed E-state index contributed by atoms with van der Waals surface area (Å²) in [7, 11) is 0. The number of nitrogens with two attached hydrogens (primary N) is 1. The number of rotatable bonds is 2. The molecule has 0 unspecified atom stereocenters. The summed E-state index contributed by atoms with van der Waals surface area (Å²) in [6.45, 7) is 3.78. The number of hydrogen-bond acceptors (Lipinski definition) is 3. The fourth-order valence-electron chi connectivity index (χ4n) is 1.72. The van der Waals surface area contributed by atoms with Crippen LogP contribution in [0.25, 0.3) is 11.4 Å². The molecule has 0 bridgehead atoms. The lowest BCUT2D eigenvalue weighted by Crippen LogP contribution is -2.09. The summed E-state index contributed by atoms with van der Waals surface area (Å²) < 4.78 is 13.7. The Hall–Kier alpha value is -1.33. The second-order valence-electron chi connectivity index (χ2n) is 4.15. The van der Waals surface area contributed by atoms with Gasteiger partial charge in [-0.15, -0.1) is 0 Å². The Bertz CT molecular complexity index is 584. The standard InChI is InChI=1S/C13H13BrFN3/c1-7(16)11-6-17-13(18-8(11)2)10-4-3-9(15)5-12(10)14/h3-7H,16H2,1-2H3/t7-/m1/s1. The Morgan fingerprint density at radius 2 is 2.11 bits per heavy atom. The molecule has 0 aliphatic carbocycles. The molecular formula is C13H13BrFN3. The number of hydrogen-bond donors (Lipinski definition) is 1. The minimum Gasteiger partial charge on any atom is -0.324 e. The maximum atomic E-state index is 13.0. The SMILES string of the molecule is Cc1nc(-c2ccc(F)cc2Br)ncc1[C@@H](C)N. The normalized spacial score (nSPS) is 12.5. The van der Waals surface area contributed by atoms with Gasteiger partial charge in [0.05, 0.1) is 0 Å². The van der Waals surface area contributed by atoms with Crippen LogP contribution in [0.2, 0.25) is 0 Å². The Kier molecular flexibility index (Phi) is 3.73. The average molecular weight is 310 g/mol. The molecule has 94 valence electrons. The van der Waals surface area contributed by atoms with Crippen molar-refractivity contribution in [2.45, 2.75) is 19.9 Å². The summed E-state index contributed by atoms with van der Waals surface area (Å²) >= 11 is 3.31. The predicted octanol–water partition coefficient (Wildman–Crippen LogP) is 3.37. The zero-order valence-corrected chi connectivity index (χ0v) is 11.7. The summed E-state index contributed by atoms with van der Waals surface area (Å²) in [6, 6.07) is 4.33. The fraction of sp³-hybridized carbons (Fsp3) is 0.231. The summed E-state index contributed by atoms with van der Waals surface area (Å²) in [5.74, 6) is 0.262. The van der Waals surface area contributed by atoms with Crippen molar-refractivity contribution >= 4 is 15.9 Å². The van der Waals surface area contributed by atoms with Crippen molar-refractivity contribution < 1.29 is 4.39 Å². The number of aryl methyl sites for hydroxylation is 1. The van der Waals surface area contributed by atoms with Crippen molar-refractivity contribution in [3.8, 4) is 11.4 Å². The molecule has 0 spiro atoms. The second-order valence-corrected chi connectivity index (χ2v) is 5.00. The molecule has 1 heterocycles. The monoisotopic (exact) mass is 309 g/mol. The Morgan fingerprint density at radius 1 is 1.39 bits per heavy atom. The van der Waals surface area contributed by atoms with E-state index in [4.69, 9.17) is 5.73 Å². The molecule has 2 aromatic rings. The quantitative estimate of drug-likeness (QED) is 0.925. The van der Waals surface area contributed by atoms with Crippen molar-refractivity contribution in [1.29, 1.82) is 0 Å². The third-order valence-corrected chi connectivity index (χ3v) is 3.34. The Balaban J connectivity index is 2.49. The largest absolute Gasteiger partial charge is 0.324 e. The molecule has 1 aromatic carbocycles. The molecule has 0 saturated heterocycles. The van der Waals surface area contributed by atoms with Crippen LogP contribution in [-0.4, -0.2) is 9.97 Å². The second kappa shape index (κ2) is 5.12. The first-order chi connectivity index (χ1) is 8.49. The maximum absolute atomic E-state index is 13.0. The highest BCUT2D eigenvalue weighted by atomic mass is 79.9. The minimum absolute atomic E-state index is 0.101. The van der Waals surface area contributed by atoms with Crippen LogP contribution >= 0.6 is 15.9 Å². The first-order valence-electron chi connectivity index (χ1n) is 5.53. The molecule has 3 nitrogen and oxygen atoms in total. The highest BCUT2D eigenvalue weighted by molar-refractivity contribution is 9.10. The first-order valence-corrected chi connectivity index (χ1v) is 6.33. The van der Waals surface area contributed by atoms with E-state index in [-0.39, 0.29) is 11.9 Å². The van der Waals surface area contributed by atoms with Gasteiger partial charge in [0.1, 0.15) is 5.82 Å². The number of nitrogens with zero attached hydrogens (tertiary/aromatic N) is 2. The lowest BCUT2D eigenvalue weighted by atomic mass is 10.1. The van der Waals surface area contributed by atoms with Gasteiger partial charge in [0, 0.05) is 33.5 Å². The van der Waals surface area contributed by atoms with Crippen molar-refractivity contribution in [2.24, 2.45) is 5.73 Å². The zero-order valence-electron chi connectivity index (χ0n) is 10.1. The van der Waals surface area contributed by atoms with Gasteiger partial charge in [0.25, 0.3) is 0 Å². The minimum atomic E-state index is -0.297. The van der Waals surface area contributed by atoms with Crippen LogP contribution in [0, 0.1) is 12.7 Å². The third-order valence-electron chi connectivity index (χ3n) is 2.68. The van der Waals surface area contributed by atoms with Crippen molar-refractivity contribution in [3.63, 3.8) is 0 Å². The molecule has 18 heavy (non-hydrogen) atoms. The van der Waals surface area contributed by atoms with E-state index in [1.54, 1.807) is 12.3 Å². The van der Waals surface area contributed by atoms with Crippen LogP contribution in [0.5, 0.6) is 0 Å². The number of halogens is 2. The molecule has 0 radical (unpaired) electrons. The van der Waals surface area contributed by atoms with E-state index in [9.17, 15) is 4.39 Å². The van der Waals surface area contributed by atoms with Gasteiger partial charge in [0.15, 0.2) is 5.82 Å². The van der Waals surface area contributed by atoms with Crippen LogP contribution in [-0.2, 0) is 0 Å². The van der Waals surface area contributed by atoms with E-state index < -0.39 is 0 Å². The van der Waals surface area contributed by atoms with Gasteiger partial charge >= 0.3 is 0 Å². The van der Waals surface area contributed by atoms with Crippen molar-refractivity contribution in [1.82, 2.24) is 9.97 Å². The highest BCUT2D eigenvalue weighted by Gasteiger charge is 2.11. The number of aromatic nitrogens is 2. The van der Waals surface area contributed by atoms with Gasteiger partial charge in [-0.1, -0.05) is 0 Å². The summed E-state index contributed by atoms with van der Waals surface area (Å²) in [5.41, 5.74) is 8.33. The van der Waals surface area contributed by atoms with E-state index in [0.29, 0.717) is 10.3 Å². The van der Waals surface area contributed by atoms with E-state index in [1.165, 1.54) is 12.1 Å². The molecule has 0 amide bonds. The van der Waals surface area contributed by atoms with Crippen LogP contribution < -0.4 is 5.73 Å². The van der Waals surface area contributed by atoms with Crippen LogP contribution in [0.1, 0.15) is 24.2 Å². The van der Waals surface area contributed by atoms with Gasteiger partial charge in [-0.25, -0.2) is 14.4 Å². The third kappa shape index (κ3) is 2.57. The average Bonchev–Trinajstić information content (AvgIpc) is 2.28. The lowest BCUT2D eigenvalue weighted by Gasteiger charge is -2.10. The summed E-state index contributed by atoms with van der Waals surface area (Å²) in [6.07, 6.45) is 1.72. The smallest absolute Gasteiger partial charge is 0.160 e. The van der Waals surface area contributed by atoms with E-state index in [2.05, 4.69) is 25.9 Å². The highest BCUT2D eigenvalue weighted by Crippen LogP contribution is 2.27. The Labute approximate surface area is 113 Å². The molecule has 0 saturated carbocycles. The zero-order chi connectivity index (χ0) is 13.3. The molecular weight excluding hydrogens is 297 g/mol. The number of benzene rings is 1. The maximum Gasteiger partial charge on any atom is 0.160 e. The molecule has 5 heteroatoms. The molecule has 0 aliphatic heterocycles. The van der Waals surface area contributed by atoms with Crippen molar-refractivity contribution in [2.75, 3.05) is 0 Å². The fourth-order valence-corrected chi connectivity index (χ4v) is 2.25. The lowest BCUT2D eigenvalue weighted by molar-refractivity contribution is 0.627. The van der Waals surface area contributed by atoms with Gasteiger partial charge in [0.2, 0.25) is 0 Å². The molecule has 0 aliphatic rings. The van der Waals surface area contributed by atoms with Gasteiger partial charge in [-0.05, 0) is 48.0 Å². The van der Waals surface area contributed by atoms with E-state index >= 15 is 0 Å². The van der Waals surface area contributed by atoms with Gasteiger partial charge in [-0.3, -0.25) is 0 Å². The molecule has 2 N–H and O–H groups in total. The molecule has 1 aromatic heterocycles. The summed E-state index contributed by atoms with van der Waals surface area (Å²) in [4.78, 5) is 8.69. The molecule has 0 fully saturated rings. The molecule has 2 rings (SSSR count). The molecule has 1 atom stereocenters. The topological polar surface area (TPSA) is 51.8 Å². The van der Waals surface area contributed by atoms with Crippen LogP contribution in [0.3, 0.4) is 0 Å². The van der Waals surface area contributed by atoms with Gasteiger partial charge in [-0.2, -0.15) is 0 Å². The van der Waals surface area contributed by atoms with E-state index in [0.717, 1.165) is 16.8 Å². The van der Waals surface area contributed by atoms with Crippen molar-refractivity contribution in [3.05, 3.63) is 45.9 Å². The van der Waals surface area contributed by atoms with E-state index in [1.807, 2.05) is 13.8 Å².